The first kappa shape index (κ1) is 19.8. The third-order valence-corrected chi connectivity index (χ3v) is 6.03. The second kappa shape index (κ2) is 8.45. The van der Waals surface area contributed by atoms with Crippen molar-refractivity contribution in [2.45, 2.75) is 25.3 Å². The Morgan fingerprint density at radius 3 is 2.72 bits per heavy atom. The number of nitrogens with zero attached hydrogens (tertiary/aromatic N) is 4. The largest absolute Gasteiger partial charge is 0.367 e. The molecule has 0 saturated carbocycles. The molecule has 1 N–H and O–H groups in total. The zero-order valence-electron chi connectivity index (χ0n) is 16.6. The minimum absolute atomic E-state index is 0.0106. The molecule has 154 valence electrons. The number of benzene rings is 1. The smallest absolute Gasteiger partial charge is 0.318 e. The third kappa shape index (κ3) is 4.24. The Bertz CT molecular complexity index is 913. The van der Waals surface area contributed by atoms with Crippen molar-refractivity contribution in [3.63, 3.8) is 0 Å². The van der Waals surface area contributed by atoms with Crippen LogP contribution in [0, 0.1) is 0 Å². The number of likely N-dealkylation sites (N-methyl/N-ethyl adjacent to an activating group) is 1. The first-order valence-electron chi connectivity index (χ1n) is 10.1. The van der Waals surface area contributed by atoms with Gasteiger partial charge in [0.25, 0.3) is 0 Å². The second-order valence-electron chi connectivity index (χ2n) is 7.72. The summed E-state index contributed by atoms with van der Waals surface area (Å²) in [6.45, 7) is 3.44. The molecule has 2 aliphatic rings. The van der Waals surface area contributed by atoms with Crippen LogP contribution in [-0.2, 0) is 4.79 Å². The van der Waals surface area contributed by atoms with E-state index >= 15 is 0 Å². The van der Waals surface area contributed by atoms with Crippen LogP contribution in [0.5, 0.6) is 0 Å². The first-order chi connectivity index (χ1) is 14.0. The highest BCUT2D eigenvalue weighted by molar-refractivity contribution is 6.31. The van der Waals surface area contributed by atoms with Gasteiger partial charge in [0.1, 0.15) is 6.04 Å². The van der Waals surface area contributed by atoms with Crippen LogP contribution in [0.25, 0.3) is 10.9 Å². The van der Waals surface area contributed by atoms with Crippen LogP contribution < -0.4 is 10.2 Å². The lowest BCUT2D eigenvalue weighted by Crippen LogP contribution is -2.55. The van der Waals surface area contributed by atoms with Crippen LogP contribution in [0.1, 0.15) is 19.3 Å². The van der Waals surface area contributed by atoms with Crippen LogP contribution in [0.4, 0.5) is 10.5 Å². The summed E-state index contributed by atoms with van der Waals surface area (Å²) in [6.07, 6.45) is 4.44. The van der Waals surface area contributed by atoms with Gasteiger partial charge >= 0.3 is 6.03 Å². The van der Waals surface area contributed by atoms with Gasteiger partial charge in [0, 0.05) is 62.1 Å². The predicted octanol–water partition coefficient (Wildman–Crippen LogP) is 2.73. The number of anilines is 1. The lowest BCUT2D eigenvalue weighted by atomic mass is 10.1. The number of piperazine rings is 1. The number of hydrogen-bond donors (Lipinski definition) is 1. The molecule has 2 saturated heterocycles. The lowest BCUT2D eigenvalue weighted by Gasteiger charge is -2.37. The van der Waals surface area contributed by atoms with E-state index in [-0.39, 0.29) is 11.9 Å². The zero-order chi connectivity index (χ0) is 20.4. The van der Waals surface area contributed by atoms with Crippen LogP contribution in [0.3, 0.4) is 0 Å². The fraction of sp³-hybridized carbons (Fsp3) is 0.476. The maximum Gasteiger partial charge on any atom is 0.318 e. The van der Waals surface area contributed by atoms with Gasteiger partial charge in [-0.15, -0.1) is 0 Å². The van der Waals surface area contributed by atoms with Crippen molar-refractivity contribution < 1.29 is 9.59 Å². The lowest BCUT2D eigenvalue weighted by molar-refractivity contribution is -0.131. The summed E-state index contributed by atoms with van der Waals surface area (Å²) < 4.78 is 0. The molecular formula is C21H26ClN5O2. The number of urea groups is 1. The summed E-state index contributed by atoms with van der Waals surface area (Å²) in [7, 11) is 1.80. The molecule has 1 aromatic heterocycles. The number of carbonyl (C=O) groups excluding carboxylic acids is 2. The number of halogens is 1. The highest BCUT2D eigenvalue weighted by Gasteiger charge is 2.29. The van der Waals surface area contributed by atoms with Gasteiger partial charge in [-0.25, -0.2) is 4.79 Å². The normalized spacial score (nSPS) is 20.7. The van der Waals surface area contributed by atoms with E-state index in [1.54, 1.807) is 23.0 Å². The SMILES string of the molecule is CN1CCCCC(NC(=O)N2CCN(c3ccnc4cc(Cl)ccc34)CC2)C1=O. The Morgan fingerprint density at radius 2 is 1.93 bits per heavy atom. The molecule has 2 aromatic rings. The molecule has 0 spiro atoms. The number of pyridine rings is 1. The maximum atomic E-state index is 12.7. The second-order valence-corrected chi connectivity index (χ2v) is 8.16. The Labute approximate surface area is 175 Å². The molecule has 1 atom stereocenters. The molecule has 1 unspecified atom stereocenters. The quantitative estimate of drug-likeness (QED) is 0.818. The highest BCUT2D eigenvalue weighted by atomic mass is 35.5. The minimum Gasteiger partial charge on any atom is -0.367 e. The summed E-state index contributed by atoms with van der Waals surface area (Å²) in [4.78, 5) is 35.3. The summed E-state index contributed by atoms with van der Waals surface area (Å²) in [5, 5.41) is 4.68. The van der Waals surface area contributed by atoms with Crippen LogP contribution in [0.15, 0.2) is 30.5 Å². The van der Waals surface area contributed by atoms with E-state index in [4.69, 9.17) is 11.6 Å². The number of carbonyl (C=O) groups is 2. The average molecular weight is 416 g/mol. The third-order valence-electron chi connectivity index (χ3n) is 5.80. The summed E-state index contributed by atoms with van der Waals surface area (Å²) >= 11 is 6.09. The number of rotatable bonds is 2. The molecule has 29 heavy (non-hydrogen) atoms. The molecular weight excluding hydrogens is 390 g/mol. The van der Waals surface area contributed by atoms with E-state index in [0.29, 0.717) is 24.5 Å². The minimum atomic E-state index is -0.415. The summed E-state index contributed by atoms with van der Waals surface area (Å²) in [6, 6.07) is 7.18. The van der Waals surface area contributed by atoms with E-state index in [1.165, 1.54) is 0 Å². The molecule has 2 fully saturated rings. The molecule has 2 aliphatic heterocycles. The van der Waals surface area contributed by atoms with Crippen LogP contribution >= 0.6 is 11.6 Å². The van der Waals surface area contributed by atoms with Gasteiger partial charge in [0.05, 0.1) is 5.52 Å². The Morgan fingerprint density at radius 1 is 1.14 bits per heavy atom. The van der Waals surface area contributed by atoms with E-state index in [1.807, 2.05) is 24.3 Å². The maximum absolute atomic E-state index is 12.7. The van der Waals surface area contributed by atoms with E-state index < -0.39 is 6.04 Å². The number of nitrogens with one attached hydrogen (secondary N) is 1. The molecule has 1 aromatic carbocycles. The number of likely N-dealkylation sites (tertiary alicyclic amines) is 1. The average Bonchev–Trinajstić information content (AvgIpc) is 2.89. The monoisotopic (exact) mass is 415 g/mol. The van der Waals surface area contributed by atoms with Gasteiger partial charge in [0.15, 0.2) is 0 Å². The topological polar surface area (TPSA) is 68.8 Å². The summed E-state index contributed by atoms with van der Waals surface area (Å²) in [5.74, 6) is 0.0106. The van der Waals surface area contributed by atoms with Crippen molar-refractivity contribution in [3.8, 4) is 0 Å². The van der Waals surface area contributed by atoms with Crippen molar-refractivity contribution in [3.05, 3.63) is 35.5 Å². The van der Waals surface area contributed by atoms with Crippen molar-refractivity contribution in [1.29, 1.82) is 0 Å². The molecule has 7 nitrogen and oxygen atoms in total. The summed E-state index contributed by atoms with van der Waals surface area (Å²) in [5.41, 5.74) is 1.97. The molecule has 4 rings (SSSR count). The Kier molecular flexibility index (Phi) is 5.76. The van der Waals surface area contributed by atoms with Gasteiger partial charge in [-0.1, -0.05) is 11.6 Å². The Balaban J connectivity index is 1.39. The number of aromatic nitrogens is 1. The van der Waals surface area contributed by atoms with Gasteiger partial charge in [0.2, 0.25) is 5.91 Å². The van der Waals surface area contributed by atoms with Crippen molar-refractivity contribution >= 4 is 40.1 Å². The van der Waals surface area contributed by atoms with E-state index in [2.05, 4.69) is 15.2 Å². The fourth-order valence-electron chi connectivity index (χ4n) is 4.10. The van der Waals surface area contributed by atoms with Crippen molar-refractivity contribution in [2.75, 3.05) is 44.7 Å². The van der Waals surface area contributed by atoms with Gasteiger partial charge in [-0.3, -0.25) is 9.78 Å². The highest BCUT2D eigenvalue weighted by Crippen LogP contribution is 2.28. The molecule has 3 amide bonds. The Hall–Kier alpha value is -2.54. The number of hydrogen-bond acceptors (Lipinski definition) is 4. The zero-order valence-corrected chi connectivity index (χ0v) is 17.4. The number of fused-ring (bicyclic) bond motifs is 1. The van der Waals surface area contributed by atoms with Crippen LogP contribution in [0.2, 0.25) is 5.02 Å². The molecule has 0 bridgehead atoms. The van der Waals surface area contributed by atoms with Gasteiger partial charge < -0.3 is 20.0 Å². The standard InChI is InChI=1S/C21H26ClN5O2/c1-25-9-3-2-4-17(20(25)28)24-21(29)27-12-10-26(11-13-27)19-7-8-23-18-14-15(22)5-6-16(18)19/h5-8,14,17H,2-4,9-13H2,1H3,(H,24,29). The molecule has 3 heterocycles. The first-order valence-corrected chi connectivity index (χ1v) is 10.5. The van der Waals surface area contributed by atoms with Crippen molar-refractivity contribution in [2.24, 2.45) is 0 Å². The van der Waals surface area contributed by atoms with Crippen molar-refractivity contribution in [1.82, 2.24) is 20.1 Å². The van der Waals surface area contributed by atoms with Gasteiger partial charge in [-0.05, 0) is 43.5 Å². The van der Waals surface area contributed by atoms with E-state index in [0.717, 1.165) is 49.1 Å². The van der Waals surface area contributed by atoms with Gasteiger partial charge in [-0.2, -0.15) is 0 Å². The molecule has 0 radical (unpaired) electrons. The van der Waals surface area contributed by atoms with Crippen LogP contribution in [-0.4, -0.2) is 72.5 Å². The molecule has 8 heteroatoms. The van der Waals surface area contributed by atoms with E-state index in [9.17, 15) is 9.59 Å². The molecule has 0 aliphatic carbocycles. The predicted molar refractivity (Wildman–Crippen MR) is 114 cm³/mol. The fourth-order valence-corrected chi connectivity index (χ4v) is 4.27. The number of amides is 3.